The standard InChI is InChI=1S/ClH.K.2Na.2H/h1H;;;;;/q;3*+1;2*-1/p-1. The summed E-state index contributed by atoms with van der Waals surface area (Å²) in [4.78, 5) is 0. The van der Waals surface area contributed by atoms with E-state index in [1.807, 2.05) is 0 Å². The molecule has 0 fully saturated rings. The molecule has 0 nitrogen and oxygen atoms in total. The third-order valence-corrected chi connectivity index (χ3v) is 0. The Balaban J connectivity index is 0. The van der Waals surface area contributed by atoms with Gasteiger partial charge in [0.15, 0.2) is 0 Å². The van der Waals surface area contributed by atoms with Crippen molar-refractivity contribution in [1.29, 1.82) is 0 Å². The molecule has 0 spiro atoms. The second kappa shape index (κ2) is 15.8. The summed E-state index contributed by atoms with van der Waals surface area (Å²) in [5.41, 5.74) is 0. The summed E-state index contributed by atoms with van der Waals surface area (Å²) in [5.74, 6) is 0. The van der Waals surface area contributed by atoms with Gasteiger partial charge in [-0.05, 0) is 0 Å². The van der Waals surface area contributed by atoms with Crippen LogP contribution in [0.3, 0.4) is 0 Å². The van der Waals surface area contributed by atoms with Gasteiger partial charge in [0.1, 0.15) is 0 Å². The van der Waals surface area contributed by atoms with Gasteiger partial charge in [0.05, 0.1) is 0 Å². The second-order valence-corrected chi connectivity index (χ2v) is 0. The van der Waals surface area contributed by atoms with Crippen molar-refractivity contribution in [2.45, 2.75) is 0 Å². The molecule has 0 atom stereocenters. The molecule has 4 heteroatoms. The van der Waals surface area contributed by atoms with Crippen molar-refractivity contribution in [3.05, 3.63) is 0 Å². The van der Waals surface area contributed by atoms with Gasteiger partial charge in [-0.3, -0.25) is 0 Å². The molecule has 0 radical (unpaired) electrons. The smallest absolute Gasteiger partial charge is 1.00 e. The summed E-state index contributed by atoms with van der Waals surface area (Å²) >= 11 is 0. The van der Waals surface area contributed by atoms with E-state index in [4.69, 9.17) is 0 Å². The Kier molecular flexibility index (Phi) is 97.3. The molecule has 0 N–H and O–H groups in total. The summed E-state index contributed by atoms with van der Waals surface area (Å²) in [6.07, 6.45) is 0. The summed E-state index contributed by atoms with van der Waals surface area (Å²) in [7, 11) is 0. The minimum absolute atomic E-state index is 0. The topological polar surface area (TPSA) is 0 Å². The average Bonchev–Trinajstić information content (AvgIpc) is 0. The fraction of sp³-hybridized carbons (Fsp3) is 0. The largest absolute Gasteiger partial charge is 1.00 e. The summed E-state index contributed by atoms with van der Waals surface area (Å²) in [6, 6.07) is 0. The maximum absolute atomic E-state index is 0. The summed E-state index contributed by atoms with van der Waals surface area (Å²) in [6.45, 7) is 0. The Bertz CT molecular complexity index is 11.5. The van der Waals surface area contributed by atoms with Crippen LogP contribution in [0.4, 0.5) is 0 Å². The average molecular weight is 123 g/mol. The van der Waals surface area contributed by atoms with E-state index in [9.17, 15) is 0 Å². The van der Waals surface area contributed by atoms with Crippen LogP contribution >= 0.6 is 0 Å². The Morgan fingerprint density at radius 2 is 1.00 bits per heavy atom. The van der Waals surface area contributed by atoms with Crippen LogP contribution in [0.25, 0.3) is 0 Å². The maximum Gasteiger partial charge on any atom is 1.00 e. The zero-order valence-corrected chi connectivity index (χ0v) is 11.3. The van der Waals surface area contributed by atoms with Crippen LogP contribution in [0.1, 0.15) is 2.85 Å². The van der Waals surface area contributed by atoms with Gasteiger partial charge < -0.3 is 15.3 Å². The molecule has 12 valence electrons. The van der Waals surface area contributed by atoms with E-state index in [-0.39, 0.29) is 126 Å². The molecule has 0 aromatic rings. The van der Waals surface area contributed by atoms with Gasteiger partial charge in [-0.15, -0.1) is 0 Å². The number of rotatable bonds is 0. The van der Waals surface area contributed by atoms with Crippen LogP contribution in [-0.4, -0.2) is 0 Å². The van der Waals surface area contributed by atoms with E-state index in [0.717, 1.165) is 0 Å². The Labute approximate surface area is 122 Å². The number of hydrogen-bond donors (Lipinski definition) is 0. The van der Waals surface area contributed by atoms with Gasteiger partial charge in [0, 0.05) is 0 Å². The van der Waals surface area contributed by atoms with Crippen molar-refractivity contribution in [3.8, 4) is 0 Å². The van der Waals surface area contributed by atoms with E-state index >= 15 is 0 Å². The van der Waals surface area contributed by atoms with Gasteiger partial charge in [0.25, 0.3) is 0 Å². The van der Waals surface area contributed by atoms with Crippen LogP contribution in [0, 0.1) is 0 Å². The molecular formula is H2ClKNa2. The first kappa shape index (κ1) is 24.7. The SMILES string of the molecule is [Cl-].[H-].[H-].[K+].[Na+].[Na+]. The third-order valence-electron chi connectivity index (χ3n) is 0. The van der Waals surface area contributed by atoms with Crippen LogP contribution in [0.2, 0.25) is 0 Å². The fourth-order valence-electron chi connectivity index (χ4n) is 0. The molecule has 0 aliphatic heterocycles. The first-order valence-corrected chi connectivity index (χ1v) is 0. The fourth-order valence-corrected chi connectivity index (χ4v) is 0. The van der Waals surface area contributed by atoms with Crippen molar-refractivity contribution >= 4 is 0 Å². The molecule has 0 aliphatic carbocycles. The van der Waals surface area contributed by atoms with E-state index in [2.05, 4.69) is 0 Å². The van der Waals surface area contributed by atoms with Gasteiger partial charge in [-0.1, -0.05) is 0 Å². The quantitative estimate of drug-likeness (QED) is 0.280. The van der Waals surface area contributed by atoms with Crippen molar-refractivity contribution in [2.75, 3.05) is 0 Å². The van der Waals surface area contributed by atoms with Crippen LogP contribution in [0.5, 0.6) is 0 Å². The van der Waals surface area contributed by atoms with Gasteiger partial charge in [-0.2, -0.15) is 0 Å². The normalized spacial score (nSPS) is 0. The molecular weight excluding hydrogens is 121 g/mol. The van der Waals surface area contributed by atoms with Crippen LogP contribution in [-0.2, 0) is 0 Å². The molecule has 0 aliphatic rings. The molecule has 0 aromatic heterocycles. The van der Waals surface area contributed by atoms with Crippen LogP contribution < -0.4 is 123 Å². The molecule has 0 aromatic carbocycles. The predicted octanol–water partition coefficient (Wildman–Crippen LogP) is -11.8. The van der Waals surface area contributed by atoms with Gasteiger partial charge >= 0.3 is 110 Å². The summed E-state index contributed by atoms with van der Waals surface area (Å²) in [5, 5.41) is 0. The van der Waals surface area contributed by atoms with E-state index < -0.39 is 0 Å². The molecule has 4 heavy (non-hydrogen) atoms. The number of hydrogen-bond acceptors (Lipinski definition) is 0. The Morgan fingerprint density at radius 3 is 1.00 bits per heavy atom. The van der Waals surface area contributed by atoms with Crippen LogP contribution in [0.15, 0.2) is 0 Å². The molecule has 0 amide bonds. The number of halogens is 1. The second-order valence-electron chi connectivity index (χ2n) is 0. The van der Waals surface area contributed by atoms with E-state index in [0.29, 0.717) is 0 Å². The molecule has 0 bridgehead atoms. The monoisotopic (exact) mass is 122 g/mol. The van der Waals surface area contributed by atoms with E-state index in [1.54, 1.807) is 0 Å². The molecule has 0 unspecified atom stereocenters. The zero-order chi connectivity index (χ0) is 0. The van der Waals surface area contributed by atoms with Crippen molar-refractivity contribution in [2.24, 2.45) is 0 Å². The molecule has 0 saturated carbocycles. The Hall–Kier alpha value is 3.93. The predicted molar refractivity (Wildman–Crippen MR) is 2.22 cm³/mol. The van der Waals surface area contributed by atoms with Crippen molar-refractivity contribution in [3.63, 3.8) is 0 Å². The van der Waals surface area contributed by atoms with Crippen molar-refractivity contribution in [1.82, 2.24) is 0 Å². The third kappa shape index (κ3) is 9.33. The minimum atomic E-state index is 0. The molecule has 0 saturated heterocycles. The molecule has 0 rings (SSSR count). The molecule has 0 heterocycles. The first-order chi connectivity index (χ1) is 0. The summed E-state index contributed by atoms with van der Waals surface area (Å²) < 4.78 is 0. The van der Waals surface area contributed by atoms with Gasteiger partial charge in [0.2, 0.25) is 0 Å². The maximum atomic E-state index is 0. The van der Waals surface area contributed by atoms with Crippen molar-refractivity contribution < 1.29 is 126 Å². The Morgan fingerprint density at radius 1 is 1.00 bits per heavy atom. The minimum Gasteiger partial charge on any atom is -1.00 e. The first-order valence-electron chi connectivity index (χ1n) is 0. The zero-order valence-electron chi connectivity index (χ0n) is 5.38. The van der Waals surface area contributed by atoms with E-state index in [1.165, 1.54) is 0 Å². The van der Waals surface area contributed by atoms with Gasteiger partial charge in [-0.25, -0.2) is 0 Å².